The Bertz CT molecular complexity index is 324. The first-order valence-electron chi connectivity index (χ1n) is 4.30. The minimum absolute atomic E-state index is 0.148. The van der Waals surface area contributed by atoms with E-state index < -0.39 is 11.6 Å². The first-order valence-corrected chi connectivity index (χ1v) is 4.30. The molecule has 0 amide bonds. The van der Waals surface area contributed by atoms with Gasteiger partial charge in [0.15, 0.2) is 11.6 Å². The molecule has 0 bridgehead atoms. The summed E-state index contributed by atoms with van der Waals surface area (Å²) in [5, 5.41) is 8.88. The zero-order chi connectivity index (χ0) is 10.7. The summed E-state index contributed by atoms with van der Waals surface area (Å²) in [7, 11) is 0. The number of rotatable bonds is 3. The van der Waals surface area contributed by atoms with Crippen molar-refractivity contribution in [3.63, 3.8) is 0 Å². The average Bonchev–Trinajstić information content (AvgIpc) is 2.10. The number of halogens is 2. The molecule has 14 heavy (non-hydrogen) atoms. The van der Waals surface area contributed by atoms with Gasteiger partial charge in [0, 0.05) is 11.6 Å². The highest BCUT2D eigenvalue weighted by atomic mass is 19.2. The first-order chi connectivity index (χ1) is 6.54. The Kier molecular flexibility index (Phi) is 3.41. The highest BCUT2D eigenvalue weighted by Gasteiger charge is 2.11. The van der Waals surface area contributed by atoms with Gasteiger partial charge in [-0.2, -0.15) is 0 Å². The molecule has 4 heteroatoms. The standard InChI is InChI=1S/C10H12F2O2/c1-6(2)14-10-4-9(12)8(11)3-7(10)5-13/h3-4,6,13H,5H2,1-2H3. The maximum atomic E-state index is 12.8. The van der Waals surface area contributed by atoms with Crippen molar-refractivity contribution in [2.75, 3.05) is 0 Å². The van der Waals surface area contributed by atoms with E-state index in [4.69, 9.17) is 9.84 Å². The van der Waals surface area contributed by atoms with Gasteiger partial charge in [0.1, 0.15) is 5.75 Å². The predicted octanol–water partition coefficient (Wildman–Crippen LogP) is 2.24. The summed E-state index contributed by atoms with van der Waals surface area (Å²) in [4.78, 5) is 0. The Labute approximate surface area is 81.1 Å². The SMILES string of the molecule is CC(C)Oc1cc(F)c(F)cc1CO. The zero-order valence-electron chi connectivity index (χ0n) is 8.05. The molecule has 2 nitrogen and oxygen atoms in total. The summed E-state index contributed by atoms with van der Waals surface area (Å²) in [6, 6.07) is 1.88. The van der Waals surface area contributed by atoms with Gasteiger partial charge >= 0.3 is 0 Å². The summed E-state index contributed by atoms with van der Waals surface area (Å²) in [5.74, 6) is -1.77. The molecule has 0 aliphatic rings. The van der Waals surface area contributed by atoms with Crippen LogP contribution in [0.25, 0.3) is 0 Å². The maximum absolute atomic E-state index is 12.8. The predicted molar refractivity (Wildman–Crippen MR) is 48.0 cm³/mol. The summed E-state index contributed by atoms with van der Waals surface area (Å²) in [6.45, 7) is 3.16. The lowest BCUT2D eigenvalue weighted by Crippen LogP contribution is -2.08. The minimum Gasteiger partial charge on any atom is -0.491 e. The van der Waals surface area contributed by atoms with E-state index in [-0.39, 0.29) is 24.0 Å². The highest BCUT2D eigenvalue weighted by Crippen LogP contribution is 2.23. The van der Waals surface area contributed by atoms with Crippen molar-refractivity contribution in [2.45, 2.75) is 26.6 Å². The number of ether oxygens (including phenoxy) is 1. The largest absolute Gasteiger partial charge is 0.491 e. The normalized spacial score (nSPS) is 10.7. The van der Waals surface area contributed by atoms with Crippen molar-refractivity contribution in [2.24, 2.45) is 0 Å². The number of aliphatic hydroxyl groups excluding tert-OH is 1. The van der Waals surface area contributed by atoms with Crippen molar-refractivity contribution in [1.82, 2.24) is 0 Å². The molecule has 0 radical (unpaired) electrons. The van der Waals surface area contributed by atoms with Crippen LogP contribution < -0.4 is 4.74 Å². The molecule has 0 aliphatic carbocycles. The Morgan fingerprint density at radius 3 is 2.36 bits per heavy atom. The molecule has 0 spiro atoms. The van der Waals surface area contributed by atoms with E-state index >= 15 is 0 Å². The number of aliphatic hydroxyl groups is 1. The van der Waals surface area contributed by atoms with E-state index in [0.717, 1.165) is 12.1 Å². The van der Waals surface area contributed by atoms with Gasteiger partial charge in [-0.3, -0.25) is 0 Å². The molecule has 0 aromatic heterocycles. The van der Waals surface area contributed by atoms with E-state index in [9.17, 15) is 8.78 Å². The summed E-state index contributed by atoms with van der Waals surface area (Å²) < 4.78 is 30.8. The van der Waals surface area contributed by atoms with Crippen LogP contribution in [-0.2, 0) is 6.61 Å². The molecule has 0 saturated heterocycles. The second kappa shape index (κ2) is 4.37. The van der Waals surface area contributed by atoms with E-state index in [1.54, 1.807) is 13.8 Å². The third-order valence-corrected chi connectivity index (χ3v) is 1.64. The van der Waals surface area contributed by atoms with Crippen LogP contribution in [0.3, 0.4) is 0 Å². The van der Waals surface area contributed by atoms with Gasteiger partial charge in [-0.25, -0.2) is 8.78 Å². The van der Waals surface area contributed by atoms with Crippen LogP contribution in [-0.4, -0.2) is 11.2 Å². The van der Waals surface area contributed by atoms with Gasteiger partial charge in [-0.05, 0) is 19.9 Å². The zero-order valence-corrected chi connectivity index (χ0v) is 8.05. The van der Waals surface area contributed by atoms with Gasteiger partial charge < -0.3 is 9.84 Å². The molecule has 0 saturated carbocycles. The monoisotopic (exact) mass is 202 g/mol. The molecule has 0 heterocycles. The van der Waals surface area contributed by atoms with Crippen molar-refractivity contribution in [3.05, 3.63) is 29.3 Å². The van der Waals surface area contributed by atoms with Crippen LogP contribution in [0.1, 0.15) is 19.4 Å². The molecule has 0 fully saturated rings. The van der Waals surface area contributed by atoms with Crippen molar-refractivity contribution in [3.8, 4) is 5.75 Å². The second-order valence-corrected chi connectivity index (χ2v) is 3.20. The Morgan fingerprint density at radius 1 is 1.29 bits per heavy atom. The molecular weight excluding hydrogens is 190 g/mol. The fourth-order valence-corrected chi connectivity index (χ4v) is 1.06. The highest BCUT2D eigenvalue weighted by molar-refractivity contribution is 5.34. The molecule has 1 rings (SSSR count). The maximum Gasteiger partial charge on any atom is 0.162 e. The lowest BCUT2D eigenvalue weighted by atomic mass is 10.2. The lowest BCUT2D eigenvalue weighted by Gasteiger charge is -2.13. The smallest absolute Gasteiger partial charge is 0.162 e. The quantitative estimate of drug-likeness (QED) is 0.814. The third-order valence-electron chi connectivity index (χ3n) is 1.64. The van der Waals surface area contributed by atoms with Crippen molar-refractivity contribution in [1.29, 1.82) is 0 Å². The van der Waals surface area contributed by atoms with Gasteiger partial charge in [0.2, 0.25) is 0 Å². The van der Waals surface area contributed by atoms with Crippen LogP contribution in [0.4, 0.5) is 8.78 Å². The topological polar surface area (TPSA) is 29.5 Å². The van der Waals surface area contributed by atoms with Crippen LogP contribution in [0.2, 0.25) is 0 Å². The average molecular weight is 202 g/mol. The van der Waals surface area contributed by atoms with Crippen LogP contribution in [0.5, 0.6) is 5.75 Å². The van der Waals surface area contributed by atoms with E-state index in [1.165, 1.54) is 0 Å². The molecular formula is C10H12F2O2. The lowest BCUT2D eigenvalue weighted by molar-refractivity contribution is 0.223. The first kappa shape index (κ1) is 10.9. The van der Waals surface area contributed by atoms with Crippen LogP contribution in [0.15, 0.2) is 12.1 Å². The fourth-order valence-electron chi connectivity index (χ4n) is 1.06. The van der Waals surface area contributed by atoms with Crippen molar-refractivity contribution < 1.29 is 18.6 Å². The molecule has 1 aromatic rings. The van der Waals surface area contributed by atoms with E-state index in [0.29, 0.717) is 0 Å². The molecule has 1 aromatic carbocycles. The number of benzene rings is 1. The van der Waals surface area contributed by atoms with Gasteiger partial charge in [-0.15, -0.1) is 0 Å². The van der Waals surface area contributed by atoms with Gasteiger partial charge in [-0.1, -0.05) is 0 Å². The van der Waals surface area contributed by atoms with Gasteiger partial charge in [0.25, 0.3) is 0 Å². The fraction of sp³-hybridized carbons (Fsp3) is 0.400. The van der Waals surface area contributed by atoms with E-state index in [1.807, 2.05) is 0 Å². The minimum atomic E-state index is -0.981. The number of hydrogen-bond acceptors (Lipinski definition) is 2. The summed E-state index contributed by atoms with van der Waals surface area (Å²) >= 11 is 0. The van der Waals surface area contributed by atoms with Crippen LogP contribution in [0, 0.1) is 11.6 Å². The van der Waals surface area contributed by atoms with Crippen molar-refractivity contribution >= 4 is 0 Å². The summed E-state index contributed by atoms with van der Waals surface area (Å²) in [5.41, 5.74) is 0.248. The molecule has 0 unspecified atom stereocenters. The third kappa shape index (κ3) is 2.42. The number of hydrogen-bond donors (Lipinski definition) is 1. The Morgan fingerprint density at radius 2 is 1.86 bits per heavy atom. The Balaban J connectivity index is 3.07. The van der Waals surface area contributed by atoms with Crippen LogP contribution >= 0.6 is 0 Å². The molecule has 1 N–H and O–H groups in total. The molecule has 0 atom stereocenters. The molecule has 0 aliphatic heterocycles. The molecule has 78 valence electrons. The summed E-state index contributed by atoms with van der Waals surface area (Å²) in [6.07, 6.45) is -0.148. The van der Waals surface area contributed by atoms with E-state index in [2.05, 4.69) is 0 Å². The Hall–Kier alpha value is -1.16. The van der Waals surface area contributed by atoms with Gasteiger partial charge in [0.05, 0.1) is 12.7 Å². The second-order valence-electron chi connectivity index (χ2n) is 3.20.